The molecule has 0 saturated heterocycles. The van der Waals surface area contributed by atoms with Crippen LogP contribution in [0, 0.1) is 0 Å². The Morgan fingerprint density at radius 2 is 2.00 bits per heavy atom. The summed E-state index contributed by atoms with van der Waals surface area (Å²) < 4.78 is 7.07. The number of hydrogen-bond acceptors (Lipinski definition) is 3. The van der Waals surface area contributed by atoms with Crippen LogP contribution in [0.2, 0.25) is 5.28 Å². The maximum Gasteiger partial charge on any atom is 0.229 e. The average Bonchev–Trinajstić information content (AvgIpc) is 2.78. The molecule has 0 spiro atoms. The highest BCUT2D eigenvalue weighted by Gasteiger charge is 2.17. The predicted molar refractivity (Wildman–Crippen MR) is 76.0 cm³/mol. The summed E-state index contributed by atoms with van der Waals surface area (Å²) in [4.78, 5) is 0. The number of hydrogen-bond donors (Lipinski definition) is 0. The van der Waals surface area contributed by atoms with E-state index in [-0.39, 0.29) is 5.92 Å². The highest BCUT2D eigenvalue weighted by Crippen LogP contribution is 2.25. The van der Waals surface area contributed by atoms with Gasteiger partial charge in [0, 0.05) is 13.0 Å². The van der Waals surface area contributed by atoms with Crippen LogP contribution in [-0.2, 0) is 11.2 Å². The molecule has 0 saturated carbocycles. The molecule has 0 radical (unpaired) electrons. The summed E-state index contributed by atoms with van der Waals surface area (Å²) in [6.07, 6.45) is 0.832. The molecule has 0 fully saturated rings. The van der Waals surface area contributed by atoms with Crippen molar-refractivity contribution in [2.75, 3.05) is 13.7 Å². The Kier molecular flexibility index (Phi) is 4.56. The van der Waals surface area contributed by atoms with Crippen LogP contribution in [-0.4, -0.2) is 28.5 Å². The summed E-state index contributed by atoms with van der Waals surface area (Å²) >= 11 is 6.19. The number of aromatic nitrogens is 3. The minimum atomic E-state index is 0.260. The van der Waals surface area contributed by atoms with Crippen molar-refractivity contribution in [1.82, 2.24) is 14.8 Å². The molecule has 0 amide bonds. The van der Waals surface area contributed by atoms with E-state index < -0.39 is 0 Å². The fourth-order valence-corrected chi connectivity index (χ4v) is 2.24. The molecule has 0 bridgehead atoms. The van der Waals surface area contributed by atoms with Crippen LogP contribution in [0.25, 0.3) is 5.69 Å². The second kappa shape index (κ2) is 6.17. The van der Waals surface area contributed by atoms with Crippen molar-refractivity contribution in [2.45, 2.75) is 26.2 Å². The zero-order chi connectivity index (χ0) is 13.8. The minimum absolute atomic E-state index is 0.260. The standard InChI is InChI=1S/C14H18ClN3O/c1-10(2)13-16-17-14(15)18(13)12-7-5-4-6-11(12)8-9-19-3/h4-7,10H,8-9H2,1-3H3. The smallest absolute Gasteiger partial charge is 0.229 e. The number of methoxy groups -OCH3 is 1. The van der Waals surface area contributed by atoms with Gasteiger partial charge in [0.2, 0.25) is 5.28 Å². The van der Waals surface area contributed by atoms with E-state index in [1.54, 1.807) is 7.11 Å². The largest absolute Gasteiger partial charge is 0.384 e. The van der Waals surface area contributed by atoms with Gasteiger partial charge < -0.3 is 4.74 Å². The van der Waals surface area contributed by atoms with Gasteiger partial charge in [0.15, 0.2) is 0 Å². The van der Waals surface area contributed by atoms with Gasteiger partial charge in [-0.2, -0.15) is 0 Å². The lowest BCUT2D eigenvalue weighted by Crippen LogP contribution is -2.07. The summed E-state index contributed by atoms with van der Waals surface area (Å²) in [6, 6.07) is 8.12. The predicted octanol–water partition coefficient (Wildman–Crippen LogP) is 3.23. The summed E-state index contributed by atoms with van der Waals surface area (Å²) in [5.74, 6) is 1.13. The Balaban J connectivity index is 2.49. The Bertz CT molecular complexity index is 551. The van der Waals surface area contributed by atoms with Crippen LogP contribution in [0.5, 0.6) is 0 Å². The molecule has 2 rings (SSSR count). The van der Waals surface area contributed by atoms with Crippen LogP contribution in [0.15, 0.2) is 24.3 Å². The monoisotopic (exact) mass is 279 g/mol. The normalized spacial score (nSPS) is 11.2. The first-order valence-electron chi connectivity index (χ1n) is 6.33. The van der Waals surface area contributed by atoms with Crippen molar-refractivity contribution in [1.29, 1.82) is 0 Å². The Morgan fingerprint density at radius 3 is 2.68 bits per heavy atom. The van der Waals surface area contributed by atoms with Crippen molar-refractivity contribution in [2.24, 2.45) is 0 Å². The summed E-state index contributed by atoms with van der Waals surface area (Å²) in [7, 11) is 1.70. The highest BCUT2D eigenvalue weighted by atomic mass is 35.5. The van der Waals surface area contributed by atoms with E-state index in [1.807, 2.05) is 22.8 Å². The summed E-state index contributed by atoms with van der Waals surface area (Å²) in [5, 5.41) is 8.54. The van der Waals surface area contributed by atoms with E-state index in [4.69, 9.17) is 16.3 Å². The minimum Gasteiger partial charge on any atom is -0.384 e. The highest BCUT2D eigenvalue weighted by molar-refractivity contribution is 6.28. The molecule has 2 aromatic rings. The Hall–Kier alpha value is -1.39. The zero-order valence-electron chi connectivity index (χ0n) is 11.4. The molecule has 4 nitrogen and oxygen atoms in total. The molecule has 0 aliphatic heterocycles. The lowest BCUT2D eigenvalue weighted by Gasteiger charge is -2.14. The molecule has 1 aromatic heterocycles. The Morgan fingerprint density at radius 1 is 1.26 bits per heavy atom. The summed E-state index contributed by atoms with van der Waals surface area (Å²) in [5.41, 5.74) is 2.20. The van der Waals surface area contributed by atoms with E-state index in [9.17, 15) is 0 Å². The molecular formula is C14H18ClN3O. The van der Waals surface area contributed by atoms with E-state index >= 15 is 0 Å². The van der Waals surface area contributed by atoms with Crippen molar-refractivity contribution < 1.29 is 4.74 Å². The van der Waals surface area contributed by atoms with E-state index in [0.29, 0.717) is 11.9 Å². The van der Waals surface area contributed by atoms with Gasteiger partial charge in [-0.25, -0.2) is 0 Å². The molecule has 5 heteroatoms. The van der Waals surface area contributed by atoms with Gasteiger partial charge in [-0.05, 0) is 29.7 Å². The topological polar surface area (TPSA) is 39.9 Å². The molecule has 0 unspecified atom stereocenters. The lowest BCUT2D eigenvalue weighted by atomic mass is 10.1. The van der Waals surface area contributed by atoms with E-state index in [0.717, 1.165) is 17.9 Å². The molecule has 19 heavy (non-hydrogen) atoms. The number of rotatable bonds is 5. The van der Waals surface area contributed by atoms with Gasteiger partial charge in [-0.15, -0.1) is 10.2 Å². The number of ether oxygens (including phenoxy) is 1. The van der Waals surface area contributed by atoms with Crippen LogP contribution in [0.3, 0.4) is 0 Å². The molecule has 1 aromatic carbocycles. The first-order valence-corrected chi connectivity index (χ1v) is 6.71. The molecule has 0 atom stereocenters. The third-order valence-electron chi connectivity index (χ3n) is 2.97. The van der Waals surface area contributed by atoms with Crippen LogP contribution < -0.4 is 0 Å². The van der Waals surface area contributed by atoms with Crippen LogP contribution in [0.1, 0.15) is 31.2 Å². The van der Waals surface area contributed by atoms with Gasteiger partial charge in [0.25, 0.3) is 0 Å². The van der Waals surface area contributed by atoms with Crippen molar-refractivity contribution >= 4 is 11.6 Å². The number of benzene rings is 1. The second-order valence-corrected chi connectivity index (χ2v) is 5.03. The first kappa shape index (κ1) is 14.0. The molecular weight excluding hydrogens is 262 g/mol. The first-order chi connectivity index (χ1) is 9.15. The van der Waals surface area contributed by atoms with Gasteiger partial charge in [-0.1, -0.05) is 32.0 Å². The van der Waals surface area contributed by atoms with Gasteiger partial charge in [0.1, 0.15) is 5.82 Å². The van der Waals surface area contributed by atoms with Crippen LogP contribution in [0.4, 0.5) is 0 Å². The fraction of sp³-hybridized carbons (Fsp3) is 0.429. The lowest BCUT2D eigenvalue weighted by molar-refractivity contribution is 0.202. The maximum absolute atomic E-state index is 6.19. The van der Waals surface area contributed by atoms with Gasteiger partial charge in [0.05, 0.1) is 12.3 Å². The molecule has 0 aliphatic carbocycles. The van der Waals surface area contributed by atoms with Crippen molar-refractivity contribution in [3.05, 3.63) is 40.9 Å². The average molecular weight is 280 g/mol. The molecule has 102 valence electrons. The van der Waals surface area contributed by atoms with Gasteiger partial charge in [-0.3, -0.25) is 4.57 Å². The van der Waals surface area contributed by atoms with Gasteiger partial charge >= 0.3 is 0 Å². The number of para-hydroxylation sites is 1. The Labute approximate surface area is 118 Å². The van der Waals surface area contributed by atoms with Crippen LogP contribution >= 0.6 is 11.6 Å². The second-order valence-electron chi connectivity index (χ2n) is 4.69. The zero-order valence-corrected chi connectivity index (χ0v) is 12.2. The fourth-order valence-electron chi connectivity index (χ4n) is 2.03. The summed E-state index contributed by atoms with van der Waals surface area (Å²) in [6.45, 7) is 4.83. The molecule has 0 N–H and O–H groups in total. The van der Waals surface area contributed by atoms with Crippen molar-refractivity contribution in [3.8, 4) is 5.69 Å². The maximum atomic E-state index is 6.19. The third-order valence-corrected chi connectivity index (χ3v) is 3.22. The third kappa shape index (κ3) is 2.96. The SMILES string of the molecule is COCCc1ccccc1-n1c(Cl)nnc1C(C)C. The van der Waals surface area contributed by atoms with E-state index in [2.05, 4.69) is 30.1 Å². The van der Waals surface area contributed by atoms with Crippen molar-refractivity contribution in [3.63, 3.8) is 0 Å². The number of nitrogens with zero attached hydrogens (tertiary/aromatic N) is 3. The number of halogens is 1. The quantitative estimate of drug-likeness (QED) is 0.844. The molecule has 0 aliphatic rings. The van der Waals surface area contributed by atoms with E-state index in [1.165, 1.54) is 5.56 Å². The molecule has 1 heterocycles.